The first-order valence-corrected chi connectivity index (χ1v) is 7.83. The van der Waals surface area contributed by atoms with Gasteiger partial charge in [0.25, 0.3) is 0 Å². The smallest absolute Gasteiger partial charge is 0.130 e. The fourth-order valence-corrected chi connectivity index (χ4v) is 3.29. The zero-order chi connectivity index (χ0) is 13.9. The van der Waals surface area contributed by atoms with Crippen molar-refractivity contribution in [3.8, 4) is 0 Å². The van der Waals surface area contributed by atoms with E-state index in [9.17, 15) is 0 Å². The van der Waals surface area contributed by atoms with E-state index >= 15 is 0 Å². The Kier molecular flexibility index (Phi) is 4.10. The van der Waals surface area contributed by atoms with Crippen LogP contribution in [0.1, 0.15) is 33.1 Å². The Morgan fingerprint density at radius 2 is 2.05 bits per heavy atom. The van der Waals surface area contributed by atoms with Gasteiger partial charge in [0.1, 0.15) is 5.82 Å². The summed E-state index contributed by atoms with van der Waals surface area (Å²) >= 11 is 0. The Bertz CT molecular complexity index is 414. The Balaban J connectivity index is 1.81. The van der Waals surface area contributed by atoms with E-state index in [1.807, 2.05) is 6.20 Å². The van der Waals surface area contributed by atoms with Crippen LogP contribution in [0.15, 0.2) is 18.3 Å². The summed E-state index contributed by atoms with van der Waals surface area (Å²) in [5, 5.41) is 0. The number of hydrogen-bond donors (Lipinski definition) is 0. The molecule has 0 aromatic carbocycles. The molecular formula is C16H25N3O. The second kappa shape index (κ2) is 6.00. The van der Waals surface area contributed by atoms with Gasteiger partial charge < -0.3 is 14.5 Å². The number of pyridine rings is 1. The lowest BCUT2D eigenvalue weighted by Crippen LogP contribution is -2.44. The SMILES string of the molecule is C[C@H]1CCCCN1c1ccnc(N2CCOC[C@@H]2C)c1. The van der Waals surface area contributed by atoms with E-state index < -0.39 is 0 Å². The van der Waals surface area contributed by atoms with Crippen LogP contribution in [0, 0.1) is 0 Å². The molecule has 0 saturated carbocycles. The Morgan fingerprint density at radius 3 is 2.85 bits per heavy atom. The van der Waals surface area contributed by atoms with Crippen LogP contribution in [-0.2, 0) is 4.74 Å². The van der Waals surface area contributed by atoms with E-state index in [-0.39, 0.29) is 0 Å². The van der Waals surface area contributed by atoms with Gasteiger partial charge in [-0.3, -0.25) is 0 Å². The average molecular weight is 275 g/mol. The normalized spacial score (nSPS) is 27.7. The molecule has 1 aromatic heterocycles. The van der Waals surface area contributed by atoms with Crippen molar-refractivity contribution >= 4 is 11.5 Å². The van der Waals surface area contributed by atoms with E-state index in [0.717, 1.165) is 25.6 Å². The van der Waals surface area contributed by atoms with E-state index in [2.05, 4.69) is 40.8 Å². The number of rotatable bonds is 2. The molecule has 0 bridgehead atoms. The van der Waals surface area contributed by atoms with Crippen LogP contribution in [0.25, 0.3) is 0 Å². The highest BCUT2D eigenvalue weighted by Crippen LogP contribution is 2.27. The first-order chi connectivity index (χ1) is 9.75. The lowest BCUT2D eigenvalue weighted by Gasteiger charge is -2.37. The molecule has 0 amide bonds. The molecule has 2 aliphatic heterocycles. The summed E-state index contributed by atoms with van der Waals surface area (Å²) in [4.78, 5) is 9.47. The van der Waals surface area contributed by atoms with Gasteiger partial charge in [-0.25, -0.2) is 4.98 Å². The molecule has 2 aliphatic rings. The number of anilines is 2. The van der Waals surface area contributed by atoms with Crippen LogP contribution in [0.2, 0.25) is 0 Å². The molecule has 3 rings (SSSR count). The fourth-order valence-electron chi connectivity index (χ4n) is 3.29. The minimum atomic E-state index is 0.408. The molecule has 4 heteroatoms. The predicted octanol–water partition coefficient (Wildman–Crippen LogP) is 2.69. The standard InChI is InChI=1S/C16H25N3O/c1-13-5-3-4-8-18(13)15-6-7-17-16(11-15)19-9-10-20-12-14(19)2/h6-7,11,13-14H,3-5,8-10,12H2,1-2H3/t13-,14-/m0/s1. The molecule has 4 nitrogen and oxygen atoms in total. The molecule has 0 spiro atoms. The van der Waals surface area contributed by atoms with Crippen molar-refractivity contribution < 1.29 is 4.74 Å². The fraction of sp³-hybridized carbons (Fsp3) is 0.688. The molecule has 3 heterocycles. The summed E-state index contributed by atoms with van der Waals surface area (Å²) in [5.41, 5.74) is 1.32. The molecule has 2 saturated heterocycles. The van der Waals surface area contributed by atoms with Crippen molar-refractivity contribution in [1.29, 1.82) is 0 Å². The van der Waals surface area contributed by atoms with Gasteiger partial charge in [-0.05, 0) is 39.2 Å². The van der Waals surface area contributed by atoms with E-state index in [1.165, 1.54) is 31.5 Å². The molecule has 0 N–H and O–H groups in total. The lowest BCUT2D eigenvalue weighted by atomic mass is 10.0. The quantitative estimate of drug-likeness (QED) is 0.829. The number of aromatic nitrogens is 1. The van der Waals surface area contributed by atoms with Gasteiger partial charge >= 0.3 is 0 Å². The Hall–Kier alpha value is -1.29. The van der Waals surface area contributed by atoms with Gasteiger partial charge in [0.15, 0.2) is 0 Å². The monoisotopic (exact) mass is 275 g/mol. The Labute approximate surface area is 121 Å². The summed E-state index contributed by atoms with van der Waals surface area (Å²) in [6.07, 6.45) is 5.91. The largest absolute Gasteiger partial charge is 0.377 e. The van der Waals surface area contributed by atoms with Crippen LogP contribution in [0.4, 0.5) is 11.5 Å². The van der Waals surface area contributed by atoms with Crippen molar-refractivity contribution in [3.05, 3.63) is 18.3 Å². The zero-order valence-electron chi connectivity index (χ0n) is 12.6. The molecule has 0 radical (unpaired) electrons. The first-order valence-electron chi connectivity index (χ1n) is 7.83. The molecule has 2 fully saturated rings. The number of hydrogen-bond acceptors (Lipinski definition) is 4. The maximum atomic E-state index is 5.52. The molecule has 2 atom stereocenters. The maximum Gasteiger partial charge on any atom is 0.130 e. The van der Waals surface area contributed by atoms with Crippen LogP contribution in [0.5, 0.6) is 0 Å². The van der Waals surface area contributed by atoms with Gasteiger partial charge in [0.2, 0.25) is 0 Å². The molecular weight excluding hydrogens is 250 g/mol. The van der Waals surface area contributed by atoms with E-state index in [0.29, 0.717) is 12.1 Å². The van der Waals surface area contributed by atoms with Crippen LogP contribution >= 0.6 is 0 Å². The maximum absolute atomic E-state index is 5.52. The number of morpholine rings is 1. The highest BCUT2D eigenvalue weighted by molar-refractivity contribution is 5.56. The average Bonchev–Trinajstić information content (AvgIpc) is 2.48. The van der Waals surface area contributed by atoms with Crippen molar-refractivity contribution in [2.45, 2.75) is 45.2 Å². The summed E-state index contributed by atoms with van der Waals surface area (Å²) in [6, 6.07) is 5.45. The third-order valence-corrected chi connectivity index (χ3v) is 4.53. The van der Waals surface area contributed by atoms with Crippen LogP contribution in [-0.4, -0.2) is 43.4 Å². The van der Waals surface area contributed by atoms with Gasteiger partial charge in [-0.2, -0.15) is 0 Å². The number of piperidine rings is 1. The molecule has 0 unspecified atom stereocenters. The molecule has 110 valence electrons. The Morgan fingerprint density at radius 1 is 1.15 bits per heavy atom. The predicted molar refractivity (Wildman–Crippen MR) is 82.5 cm³/mol. The zero-order valence-corrected chi connectivity index (χ0v) is 12.6. The van der Waals surface area contributed by atoms with E-state index in [1.54, 1.807) is 0 Å². The van der Waals surface area contributed by atoms with Gasteiger partial charge in [0.05, 0.1) is 19.3 Å². The van der Waals surface area contributed by atoms with Crippen molar-refractivity contribution in [2.75, 3.05) is 36.1 Å². The van der Waals surface area contributed by atoms with E-state index in [4.69, 9.17) is 4.74 Å². The van der Waals surface area contributed by atoms with Gasteiger partial charge in [0, 0.05) is 37.1 Å². The van der Waals surface area contributed by atoms with Gasteiger partial charge in [-0.1, -0.05) is 0 Å². The third-order valence-electron chi connectivity index (χ3n) is 4.53. The summed E-state index contributed by atoms with van der Waals surface area (Å²) in [5.74, 6) is 1.09. The minimum Gasteiger partial charge on any atom is -0.377 e. The highest BCUT2D eigenvalue weighted by Gasteiger charge is 2.23. The minimum absolute atomic E-state index is 0.408. The lowest BCUT2D eigenvalue weighted by molar-refractivity contribution is 0.0985. The van der Waals surface area contributed by atoms with Gasteiger partial charge in [-0.15, -0.1) is 0 Å². The number of ether oxygens (including phenoxy) is 1. The third kappa shape index (κ3) is 2.75. The topological polar surface area (TPSA) is 28.6 Å². The molecule has 0 aliphatic carbocycles. The van der Waals surface area contributed by atoms with Crippen molar-refractivity contribution in [2.24, 2.45) is 0 Å². The van der Waals surface area contributed by atoms with Crippen LogP contribution in [0.3, 0.4) is 0 Å². The molecule has 1 aromatic rings. The first kappa shape index (κ1) is 13.7. The second-order valence-electron chi connectivity index (χ2n) is 6.03. The van der Waals surface area contributed by atoms with Crippen LogP contribution < -0.4 is 9.80 Å². The summed E-state index contributed by atoms with van der Waals surface area (Å²) in [6.45, 7) is 8.24. The summed E-state index contributed by atoms with van der Waals surface area (Å²) in [7, 11) is 0. The second-order valence-corrected chi connectivity index (χ2v) is 6.03. The van der Waals surface area contributed by atoms with Crippen molar-refractivity contribution in [3.63, 3.8) is 0 Å². The van der Waals surface area contributed by atoms with Crippen molar-refractivity contribution in [1.82, 2.24) is 4.98 Å². The number of nitrogens with zero attached hydrogens (tertiary/aromatic N) is 3. The molecule has 20 heavy (non-hydrogen) atoms. The summed E-state index contributed by atoms with van der Waals surface area (Å²) < 4.78 is 5.52. The highest BCUT2D eigenvalue weighted by atomic mass is 16.5.